The van der Waals surface area contributed by atoms with Crippen LogP contribution in [-0.2, 0) is 14.3 Å². The number of amides is 1. The highest BCUT2D eigenvalue weighted by Crippen LogP contribution is 2.11. The van der Waals surface area contributed by atoms with Gasteiger partial charge in [0.25, 0.3) is 5.91 Å². The lowest BCUT2D eigenvalue weighted by atomic mass is 10.2. The van der Waals surface area contributed by atoms with Crippen LogP contribution in [0.2, 0.25) is 5.02 Å². The Labute approximate surface area is 122 Å². The molecule has 6 heteroatoms. The Morgan fingerprint density at radius 2 is 2.10 bits per heavy atom. The number of carbonyl (C=O) groups excluding carboxylic acids is 2. The molecule has 2 rings (SSSR count). The van der Waals surface area contributed by atoms with Gasteiger partial charge >= 0.3 is 5.97 Å². The molecule has 0 radical (unpaired) electrons. The van der Waals surface area contributed by atoms with Crippen molar-refractivity contribution in [2.45, 2.75) is 18.9 Å². The van der Waals surface area contributed by atoms with Crippen LogP contribution in [0.5, 0.6) is 0 Å². The van der Waals surface area contributed by atoms with E-state index in [2.05, 4.69) is 5.32 Å². The highest BCUT2D eigenvalue weighted by Gasteiger charge is 2.16. The molecule has 1 fully saturated rings. The molecule has 1 aliphatic heterocycles. The largest absolute Gasteiger partial charge is 0.452 e. The van der Waals surface area contributed by atoms with Crippen molar-refractivity contribution in [3.05, 3.63) is 34.9 Å². The molecule has 5 nitrogen and oxygen atoms in total. The Morgan fingerprint density at radius 3 is 2.75 bits per heavy atom. The summed E-state index contributed by atoms with van der Waals surface area (Å²) in [6.45, 7) is 0.900. The number of halogens is 1. The maximum atomic E-state index is 11.7. The van der Waals surface area contributed by atoms with Crippen molar-refractivity contribution >= 4 is 23.5 Å². The van der Waals surface area contributed by atoms with Gasteiger partial charge in [-0.2, -0.15) is 0 Å². The Hall–Kier alpha value is -1.59. The van der Waals surface area contributed by atoms with Gasteiger partial charge in [-0.25, -0.2) is 4.79 Å². The van der Waals surface area contributed by atoms with Crippen molar-refractivity contribution in [1.82, 2.24) is 5.32 Å². The van der Waals surface area contributed by atoms with Gasteiger partial charge in [0.05, 0.1) is 11.7 Å². The van der Waals surface area contributed by atoms with Gasteiger partial charge in [0.2, 0.25) is 0 Å². The second-order valence-corrected chi connectivity index (χ2v) is 4.96. The van der Waals surface area contributed by atoms with Gasteiger partial charge in [-0.15, -0.1) is 0 Å². The minimum absolute atomic E-state index is 0.0749. The van der Waals surface area contributed by atoms with Gasteiger partial charge < -0.3 is 14.8 Å². The van der Waals surface area contributed by atoms with Crippen LogP contribution >= 0.6 is 11.6 Å². The van der Waals surface area contributed by atoms with E-state index in [9.17, 15) is 9.59 Å². The van der Waals surface area contributed by atoms with Crippen LogP contribution in [0.4, 0.5) is 0 Å². The molecular formula is C14H16ClNO4. The summed E-state index contributed by atoms with van der Waals surface area (Å²) in [7, 11) is 0. The van der Waals surface area contributed by atoms with E-state index in [1.807, 2.05) is 0 Å². The highest BCUT2D eigenvalue weighted by atomic mass is 35.5. The molecule has 1 saturated heterocycles. The van der Waals surface area contributed by atoms with E-state index >= 15 is 0 Å². The summed E-state index contributed by atoms with van der Waals surface area (Å²) in [6.07, 6.45) is 2.04. The Kier molecular flexibility index (Phi) is 5.38. The zero-order valence-corrected chi connectivity index (χ0v) is 11.7. The fraction of sp³-hybridized carbons (Fsp3) is 0.429. The number of rotatable bonds is 5. The van der Waals surface area contributed by atoms with E-state index in [0.717, 1.165) is 19.4 Å². The van der Waals surface area contributed by atoms with Crippen molar-refractivity contribution in [2.75, 3.05) is 19.8 Å². The Balaban J connectivity index is 1.69. The average molecular weight is 298 g/mol. The predicted octanol–water partition coefficient (Wildman–Crippen LogP) is 1.79. The Bertz CT molecular complexity index is 469. The monoisotopic (exact) mass is 297 g/mol. The lowest BCUT2D eigenvalue weighted by molar-refractivity contribution is -0.124. The summed E-state index contributed by atoms with van der Waals surface area (Å²) in [6, 6.07) is 6.29. The SMILES string of the molecule is O=C(COC(=O)c1ccc(Cl)cc1)NC[C@H]1CCCO1. The topological polar surface area (TPSA) is 64.6 Å². The molecule has 20 heavy (non-hydrogen) atoms. The van der Waals surface area contributed by atoms with E-state index in [4.69, 9.17) is 21.1 Å². The zero-order valence-electron chi connectivity index (χ0n) is 10.9. The number of ether oxygens (including phenoxy) is 2. The zero-order chi connectivity index (χ0) is 14.4. The van der Waals surface area contributed by atoms with Gasteiger partial charge in [-0.3, -0.25) is 4.79 Å². The normalized spacial score (nSPS) is 17.8. The third kappa shape index (κ3) is 4.51. The number of benzene rings is 1. The summed E-state index contributed by atoms with van der Waals surface area (Å²) in [5.41, 5.74) is 0.362. The van der Waals surface area contributed by atoms with Crippen molar-refractivity contribution in [3.8, 4) is 0 Å². The van der Waals surface area contributed by atoms with Gasteiger partial charge in [-0.1, -0.05) is 11.6 Å². The summed E-state index contributed by atoms with van der Waals surface area (Å²) < 4.78 is 10.3. The van der Waals surface area contributed by atoms with Crippen LogP contribution in [0.3, 0.4) is 0 Å². The fourth-order valence-corrected chi connectivity index (χ4v) is 2.01. The third-order valence-electron chi connectivity index (χ3n) is 2.97. The third-order valence-corrected chi connectivity index (χ3v) is 3.22. The van der Waals surface area contributed by atoms with Crippen molar-refractivity contribution in [2.24, 2.45) is 0 Å². The molecule has 0 bridgehead atoms. The molecule has 0 aromatic heterocycles. The fourth-order valence-electron chi connectivity index (χ4n) is 1.88. The summed E-state index contributed by atoms with van der Waals surface area (Å²) in [5.74, 6) is -0.878. The smallest absolute Gasteiger partial charge is 0.338 e. The average Bonchev–Trinajstić information content (AvgIpc) is 2.96. The first kappa shape index (κ1) is 14.8. The first-order valence-corrected chi connectivity index (χ1v) is 6.84. The number of carbonyl (C=O) groups is 2. The molecule has 1 atom stereocenters. The molecule has 0 spiro atoms. The van der Waals surface area contributed by atoms with Gasteiger partial charge in [0, 0.05) is 18.2 Å². The quantitative estimate of drug-likeness (QED) is 0.842. The van der Waals surface area contributed by atoms with E-state index in [0.29, 0.717) is 17.1 Å². The molecule has 1 amide bonds. The number of esters is 1. The van der Waals surface area contributed by atoms with Crippen molar-refractivity contribution < 1.29 is 19.1 Å². The molecule has 1 aromatic carbocycles. The molecule has 108 valence electrons. The van der Waals surface area contributed by atoms with E-state index in [1.165, 1.54) is 0 Å². The maximum Gasteiger partial charge on any atom is 0.338 e. The first-order chi connectivity index (χ1) is 9.65. The second kappa shape index (κ2) is 7.26. The summed E-state index contributed by atoms with van der Waals surface area (Å²) >= 11 is 5.72. The van der Waals surface area contributed by atoms with Crippen LogP contribution in [-0.4, -0.2) is 37.7 Å². The van der Waals surface area contributed by atoms with Crippen LogP contribution in [0.15, 0.2) is 24.3 Å². The molecule has 0 unspecified atom stereocenters. The standard InChI is InChI=1S/C14H16ClNO4/c15-11-5-3-10(4-6-11)14(18)20-9-13(17)16-8-12-2-1-7-19-12/h3-6,12H,1-2,7-9H2,(H,16,17)/t12-/m1/s1. The predicted molar refractivity (Wildman–Crippen MR) is 73.7 cm³/mol. The second-order valence-electron chi connectivity index (χ2n) is 4.52. The van der Waals surface area contributed by atoms with Crippen molar-refractivity contribution in [3.63, 3.8) is 0 Å². The number of nitrogens with one attached hydrogen (secondary N) is 1. The van der Waals surface area contributed by atoms with Crippen LogP contribution < -0.4 is 5.32 Å². The van der Waals surface area contributed by atoms with Crippen LogP contribution in [0.1, 0.15) is 23.2 Å². The van der Waals surface area contributed by atoms with Crippen molar-refractivity contribution in [1.29, 1.82) is 0 Å². The van der Waals surface area contributed by atoms with Gasteiger partial charge in [-0.05, 0) is 37.1 Å². The minimum Gasteiger partial charge on any atom is -0.452 e. The number of hydrogen-bond donors (Lipinski definition) is 1. The van der Waals surface area contributed by atoms with E-state index in [1.54, 1.807) is 24.3 Å². The molecule has 1 heterocycles. The molecule has 1 N–H and O–H groups in total. The van der Waals surface area contributed by atoms with E-state index in [-0.39, 0.29) is 18.6 Å². The van der Waals surface area contributed by atoms with Gasteiger partial charge in [0.15, 0.2) is 6.61 Å². The minimum atomic E-state index is -0.547. The van der Waals surface area contributed by atoms with E-state index < -0.39 is 5.97 Å². The number of hydrogen-bond acceptors (Lipinski definition) is 4. The summed E-state index contributed by atoms with van der Waals surface area (Å²) in [5, 5.41) is 3.22. The summed E-state index contributed by atoms with van der Waals surface area (Å²) in [4.78, 5) is 23.2. The van der Waals surface area contributed by atoms with Crippen LogP contribution in [0.25, 0.3) is 0 Å². The molecular weight excluding hydrogens is 282 g/mol. The molecule has 0 aliphatic carbocycles. The lowest BCUT2D eigenvalue weighted by Crippen LogP contribution is -2.34. The molecule has 1 aromatic rings. The highest BCUT2D eigenvalue weighted by molar-refractivity contribution is 6.30. The van der Waals surface area contributed by atoms with Gasteiger partial charge in [0.1, 0.15) is 0 Å². The maximum absolute atomic E-state index is 11.7. The molecule has 0 saturated carbocycles. The molecule has 1 aliphatic rings. The first-order valence-electron chi connectivity index (χ1n) is 6.46. The Morgan fingerprint density at radius 1 is 1.35 bits per heavy atom. The lowest BCUT2D eigenvalue weighted by Gasteiger charge is -2.10. The van der Waals surface area contributed by atoms with Crippen LogP contribution in [0, 0.1) is 0 Å².